The lowest BCUT2D eigenvalue weighted by Gasteiger charge is -2.37. The molecule has 18 heavy (non-hydrogen) atoms. The molecular weight excluding hydrogens is 226 g/mol. The van der Waals surface area contributed by atoms with Crippen molar-refractivity contribution in [3.05, 3.63) is 0 Å². The minimum Gasteiger partial charge on any atom is -0.348 e. The summed E-state index contributed by atoms with van der Waals surface area (Å²) in [6.45, 7) is 3.48. The molecule has 1 fully saturated rings. The molecule has 102 valence electrons. The van der Waals surface area contributed by atoms with Crippen LogP contribution < -0.4 is 0 Å². The summed E-state index contributed by atoms with van der Waals surface area (Å²) in [6.07, 6.45) is 5.39. The first-order valence-electron chi connectivity index (χ1n) is 6.94. The van der Waals surface area contributed by atoms with E-state index < -0.39 is 0 Å². The molecule has 0 aromatic carbocycles. The maximum Gasteiger partial charge on any atom is 0.236 e. The molecule has 1 saturated carbocycles. The number of carbonyl (C=O) groups is 1. The molecule has 2 unspecified atom stereocenters. The number of amides is 1. The third kappa shape index (κ3) is 3.99. The van der Waals surface area contributed by atoms with Crippen molar-refractivity contribution in [2.45, 2.75) is 45.1 Å². The largest absolute Gasteiger partial charge is 0.348 e. The molecule has 1 rings (SSSR count). The molecule has 0 N–H and O–H groups in total. The Morgan fingerprint density at radius 2 is 2.00 bits per heavy atom. The molecule has 1 aliphatic carbocycles. The van der Waals surface area contributed by atoms with Gasteiger partial charge in [0.1, 0.15) is 0 Å². The first-order valence-corrected chi connectivity index (χ1v) is 6.94. The van der Waals surface area contributed by atoms with E-state index in [1.54, 1.807) is 19.0 Å². The van der Waals surface area contributed by atoms with Gasteiger partial charge in [-0.2, -0.15) is 5.26 Å². The highest BCUT2D eigenvalue weighted by atomic mass is 16.2. The number of nitriles is 1. The Kier molecular flexibility index (Phi) is 6.14. The molecule has 0 aromatic heterocycles. The molecule has 0 heterocycles. The molecule has 4 heteroatoms. The number of rotatable bonds is 5. The molecule has 0 aromatic rings. The Morgan fingerprint density at radius 3 is 2.56 bits per heavy atom. The summed E-state index contributed by atoms with van der Waals surface area (Å²) >= 11 is 0. The lowest BCUT2D eigenvalue weighted by Crippen LogP contribution is -2.47. The maximum absolute atomic E-state index is 11.9. The van der Waals surface area contributed by atoms with E-state index in [0.717, 1.165) is 32.2 Å². The zero-order chi connectivity index (χ0) is 13.5. The van der Waals surface area contributed by atoms with Gasteiger partial charge < -0.3 is 4.90 Å². The topological polar surface area (TPSA) is 47.3 Å². The van der Waals surface area contributed by atoms with Gasteiger partial charge in [-0.15, -0.1) is 0 Å². The Balaban J connectivity index is 2.70. The lowest BCUT2D eigenvalue weighted by atomic mass is 9.84. The van der Waals surface area contributed by atoms with E-state index in [-0.39, 0.29) is 17.9 Å². The number of nitrogens with zero attached hydrogens (tertiary/aromatic N) is 3. The molecule has 4 nitrogen and oxygen atoms in total. The summed E-state index contributed by atoms with van der Waals surface area (Å²) in [6, 6.07) is 2.70. The minimum absolute atomic E-state index is 0.0975. The van der Waals surface area contributed by atoms with Crippen molar-refractivity contribution in [3.8, 4) is 6.07 Å². The van der Waals surface area contributed by atoms with Crippen LogP contribution in [0.1, 0.15) is 39.0 Å². The monoisotopic (exact) mass is 251 g/mol. The minimum atomic E-state index is 0.0975. The van der Waals surface area contributed by atoms with Crippen molar-refractivity contribution in [1.82, 2.24) is 9.80 Å². The Labute approximate surface area is 111 Å². The quantitative estimate of drug-likeness (QED) is 0.749. The van der Waals surface area contributed by atoms with Crippen LogP contribution in [-0.4, -0.2) is 48.9 Å². The molecule has 0 bridgehead atoms. The van der Waals surface area contributed by atoms with Crippen LogP contribution in [-0.2, 0) is 4.79 Å². The van der Waals surface area contributed by atoms with Gasteiger partial charge in [0.15, 0.2) is 0 Å². The first kappa shape index (κ1) is 15.0. The zero-order valence-corrected chi connectivity index (χ0v) is 11.9. The number of hydrogen-bond donors (Lipinski definition) is 0. The second kappa shape index (κ2) is 7.38. The van der Waals surface area contributed by atoms with E-state index in [9.17, 15) is 10.1 Å². The molecule has 2 atom stereocenters. The molecule has 1 amide bonds. The standard InChI is InChI=1S/C14H25N3O/c1-4-9-17(11-14(18)16(2)3)13-8-6-5-7-12(13)10-15/h12-13H,4-9,11H2,1-3H3. The predicted molar refractivity (Wildman–Crippen MR) is 71.9 cm³/mol. The van der Waals surface area contributed by atoms with Crippen molar-refractivity contribution >= 4 is 5.91 Å². The third-order valence-electron chi connectivity index (χ3n) is 3.71. The van der Waals surface area contributed by atoms with Crippen LogP contribution >= 0.6 is 0 Å². The summed E-state index contributed by atoms with van der Waals surface area (Å²) in [5.74, 6) is 0.228. The Morgan fingerprint density at radius 1 is 1.33 bits per heavy atom. The van der Waals surface area contributed by atoms with Gasteiger partial charge in [0.2, 0.25) is 5.91 Å². The van der Waals surface area contributed by atoms with Crippen LogP contribution in [0.5, 0.6) is 0 Å². The summed E-state index contributed by atoms with van der Waals surface area (Å²) in [5, 5.41) is 9.25. The molecule has 0 radical (unpaired) electrons. The van der Waals surface area contributed by atoms with Crippen LogP contribution in [0.3, 0.4) is 0 Å². The van der Waals surface area contributed by atoms with E-state index in [1.165, 1.54) is 6.42 Å². The van der Waals surface area contributed by atoms with Gasteiger partial charge in [-0.3, -0.25) is 9.69 Å². The van der Waals surface area contributed by atoms with E-state index in [2.05, 4.69) is 17.9 Å². The molecule has 1 aliphatic rings. The average Bonchev–Trinajstić information content (AvgIpc) is 2.38. The highest BCUT2D eigenvalue weighted by Gasteiger charge is 2.30. The van der Waals surface area contributed by atoms with Gasteiger partial charge in [-0.25, -0.2) is 0 Å². The maximum atomic E-state index is 11.9. The van der Waals surface area contributed by atoms with Gasteiger partial charge in [-0.1, -0.05) is 19.8 Å². The van der Waals surface area contributed by atoms with E-state index in [0.29, 0.717) is 6.54 Å². The first-order chi connectivity index (χ1) is 8.60. The van der Waals surface area contributed by atoms with Gasteiger partial charge in [0.05, 0.1) is 18.5 Å². The van der Waals surface area contributed by atoms with E-state index in [4.69, 9.17) is 0 Å². The van der Waals surface area contributed by atoms with Crippen LogP contribution in [0.25, 0.3) is 0 Å². The van der Waals surface area contributed by atoms with Crippen molar-refractivity contribution < 1.29 is 4.79 Å². The van der Waals surface area contributed by atoms with Gasteiger partial charge in [0.25, 0.3) is 0 Å². The SMILES string of the molecule is CCCN(CC(=O)N(C)C)C1CCCCC1C#N. The predicted octanol–water partition coefficient (Wildman–Crippen LogP) is 1.87. The van der Waals surface area contributed by atoms with Crippen LogP contribution in [0, 0.1) is 17.2 Å². The molecule has 0 aliphatic heterocycles. The normalized spacial score (nSPS) is 23.7. The van der Waals surface area contributed by atoms with Crippen molar-refractivity contribution in [2.24, 2.45) is 5.92 Å². The van der Waals surface area contributed by atoms with Crippen molar-refractivity contribution in [2.75, 3.05) is 27.2 Å². The third-order valence-corrected chi connectivity index (χ3v) is 3.71. The van der Waals surface area contributed by atoms with Gasteiger partial charge >= 0.3 is 0 Å². The summed E-state index contributed by atoms with van der Waals surface area (Å²) < 4.78 is 0. The second-order valence-electron chi connectivity index (χ2n) is 5.35. The smallest absolute Gasteiger partial charge is 0.236 e. The highest BCUT2D eigenvalue weighted by molar-refractivity contribution is 5.77. The summed E-state index contributed by atoms with van der Waals surface area (Å²) in [4.78, 5) is 15.7. The number of likely N-dealkylation sites (N-methyl/N-ethyl adjacent to an activating group) is 1. The van der Waals surface area contributed by atoms with Crippen molar-refractivity contribution in [1.29, 1.82) is 5.26 Å². The van der Waals surface area contributed by atoms with Gasteiger partial charge in [-0.05, 0) is 25.8 Å². The van der Waals surface area contributed by atoms with E-state index >= 15 is 0 Å². The van der Waals surface area contributed by atoms with Crippen LogP contribution in [0.2, 0.25) is 0 Å². The lowest BCUT2D eigenvalue weighted by molar-refractivity contribution is -0.130. The van der Waals surface area contributed by atoms with Crippen LogP contribution in [0.4, 0.5) is 0 Å². The molecule has 0 saturated heterocycles. The fourth-order valence-electron chi connectivity index (χ4n) is 2.66. The summed E-state index contributed by atoms with van der Waals surface area (Å²) in [5.41, 5.74) is 0. The Hall–Kier alpha value is -1.08. The average molecular weight is 251 g/mol. The summed E-state index contributed by atoms with van der Waals surface area (Å²) in [7, 11) is 3.57. The number of carbonyl (C=O) groups excluding carboxylic acids is 1. The molecule has 0 spiro atoms. The van der Waals surface area contributed by atoms with E-state index in [1.807, 2.05) is 0 Å². The Bertz CT molecular complexity index is 309. The zero-order valence-electron chi connectivity index (χ0n) is 11.9. The highest BCUT2D eigenvalue weighted by Crippen LogP contribution is 2.28. The van der Waals surface area contributed by atoms with Crippen molar-refractivity contribution in [3.63, 3.8) is 0 Å². The number of hydrogen-bond acceptors (Lipinski definition) is 3. The van der Waals surface area contributed by atoms with Crippen LogP contribution in [0.15, 0.2) is 0 Å². The fraction of sp³-hybridized carbons (Fsp3) is 0.857. The fourth-order valence-corrected chi connectivity index (χ4v) is 2.66. The van der Waals surface area contributed by atoms with Gasteiger partial charge in [0, 0.05) is 20.1 Å². The second-order valence-corrected chi connectivity index (χ2v) is 5.35. The molecular formula is C14H25N3O.